The number of sulfonamides is 1. The number of nitrogens with one attached hydrogen (secondary N) is 1. The highest BCUT2D eigenvalue weighted by atomic mass is 32.2. The predicted molar refractivity (Wildman–Crippen MR) is 110 cm³/mol. The minimum absolute atomic E-state index is 0.130. The van der Waals surface area contributed by atoms with Gasteiger partial charge in [-0.3, -0.25) is 14.4 Å². The number of anilines is 2. The number of hydrogen-bond acceptors (Lipinski definition) is 6. The molecule has 0 aliphatic rings. The van der Waals surface area contributed by atoms with Gasteiger partial charge in [-0.05, 0) is 50.6 Å². The first-order valence-electron chi connectivity index (χ1n) is 8.62. The van der Waals surface area contributed by atoms with Crippen molar-refractivity contribution in [2.45, 2.75) is 25.1 Å². The molecule has 1 aromatic heterocycles. The van der Waals surface area contributed by atoms with E-state index in [0.29, 0.717) is 11.3 Å². The van der Waals surface area contributed by atoms with Gasteiger partial charge in [-0.25, -0.2) is 0 Å². The smallest absolute Gasteiger partial charge is 0.293 e. The summed E-state index contributed by atoms with van der Waals surface area (Å²) in [5.74, 6) is -0.366. The van der Waals surface area contributed by atoms with Crippen LogP contribution in [0, 0.1) is 13.8 Å². The van der Waals surface area contributed by atoms with Crippen LogP contribution in [0.15, 0.2) is 52.9 Å². The zero-order valence-corrected chi connectivity index (χ0v) is 17.3. The fourth-order valence-electron chi connectivity index (χ4n) is 2.69. The SMILES string of the molecule is CCN(c1cccc(C)c1)S(=O)(=O)c1nnc(NC(=O)c2cccc(C)c2)s1. The number of amides is 1. The summed E-state index contributed by atoms with van der Waals surface area (Å²) in [4.78, 5) is 12.3. The summed E-state index contributed by atoms with van der Waals surface area (Å²) in [6, 6.07) is 14.3. The lowest BCUT2D eigenvalue weighted by molar-refractivity contribution is 0.102. The minimum Gasteiger partial charge on any atom is -0.296 e. The molecule has 3 aromatic rings. The van der Waals surface area contributed by atoms with Gasteiger partial charge in [0.1, 0.15) is 0 Å². The van der Waals surface area contributed by atoms with Gasteiger partial charge in [0.25, 0.3) is 20.3 Å². The summed E-state index contributed by atoms with van der Waals surface area (Å²) in [5.41, 5.74) is 2.93. The third kappa shape index (κ3) is 4.20. The Hall–Kier alpha value is -2.78. The van der Waals surface area contributed by atoms with Crippen molar-refractivity contribution in [3.63, 3.8) is 0 Å². The summed E-state index contributed by atoms with van der Waals surface area (Å²) in [7, 11) is -3.88. The number of nitrogens with zero attached hydrogens (tertiary/aromatic N) is 3. The number of benzene rings is 2. The van der Waals surface area contributed by atoms with Crippen molar-refractivity contribution in [1.29, 1.82) is 0 Å². The zero-order valence-electron chi connectivity index (χ0n) is 15.7. The Bertz CT molecular complexity index is 1110. The molecule has 0 spiro atoms. The van der Waals surface area contributed by atoms with Crippen molar-refractivity contribution in [3.8, 4) is 0 Å². The second-order valence-electron chi connectivity index (χ2n) is 6.21. The molecule has 146 valence electrons. The molecule has 28 heavy (non-hydrogen) atoms. The largest absolute Gasteiger partial charge is 0.296 e. The predicted octanol–water partition coefficient (Wildman–Crippen LogP) is 3.62. The highest BCUT2D eigenvalue weighted by molar-refractivity contribution is 7.94. The molecule has 1 heterocycles. The van der Waals surface area contributed by atoms with E-state index in [2.05, 4.69) is 15.5 Å². The number of carbonyl (C=O) groups excluding carboxylic acids is 1. The molecule has 9 heteroatoms. The number of aromatic nitrogens is 2. The monoisotopic (exact) mass is 416 g/mol. The van der Waals surface area contributed by atoms with Crippen molar-refractivity contribution in [2.75, 3.05) is 16.2 Å². The van der Waals surface area contributed by atoms with Gasteiger partial charge in [-0.2, -0.15) is 8.42 Å². The third-order valence-electron chi connectivity index (χ3n) is 3.99. The summed E-state index contributed by atoms with van der Waals surface area (Å²) < 4.78 is 27.1. The first-order valence-corrected chi connectivity index (χ1v) is 10.9. The molecule has 0 atom stereocenters. The Balaban J connectivity index is 1.84. The Kier molecular flexibility index (Phi) is 5.76. The van der Waals surface area contributed by atoms with Gasteiger partial charge in [-0.15, -0.1) is 10.2 Å². The topological polar surface area (TPSA) is 92.3 Å². The molecule has 2 aromatic carbocycles. The summed E-state index contributed by atoms with van der Waals surface area (Å²) >= 11 is 0.826. The van der Waals surface area contributed by atoms with E-state index in [4.69, 9.17) is 0 Å². The molecule has 0 saturated heterocycles. The van der Waals surface area contributed by atoms with Gasteiger partial charge < -0.3 is 0 Å². The second kappa shape index (κ2) is 8.07. The van der Waals surface area contributed by atoms with E-state index in [1.54, 1.807) is 43.3 Å². The zero-order chi connectivity index (χ0) is 20.3. The van der Waals surface area contributed by atoms with Gasteiger partial charge >= 0.3 is 0 Å². The average Bonchev–Trinajstić information content (AvgIpc) is 3.11. The average molecular weight is 417 g/mol. The first-order chi connectivity index (χ1) is 13.3. The molecule has 0 unspecified atom stereocenters. The van der Waals surface area contributed by atoms with Crippen molar-refractivity contribution >= 4 is 38.1 Å². The maximum Gasteiger partial charge on any atom is 0.293 e. The molecule has 0 saturated carbocycles. The van der Waals surface area contributed by atoms with Crippen molar-refractivity contribution < 1.29 is 13.2 Å². The van der Waals surface area contributed by atoms with E-state index >= 15 is 0 Å². The summed E-state index contributed by atoms with van der Waals surface area (Å²) in [6.07, 6.45) is 0. The summed E-state index contributed by atoms with van der Waals surface area (Å²) in [6.45, 7) is 5.78. The lowest BCUT2D eigenvalue weighted by Crippen LogP contribution is -2.30. The normalized spacial score (nSPS) is 11.2. The molecule has 0 aliphatic heterocycles. The molecule has 0 bridgehead atoms. The quantitative estimate of drug-likeness (QED) is 0.620. The van der Waals surface area contributed by atoms with Crippen molar-refractivity contribution in [1.82, 2.24) is 10.2 Å². The number of aryl methyl sites for hydroxylation is 2. The van der Waals surface area contributed by atoms with E-state index < -0.39 is 10.0 Å². The van der Waals surface area contributed by atoms with Crippen molar-refractivity contribution in [3.05, 3.63) is 65.2 Å². The van der Waals surface area contributed by atoms with E-state index in [1.165, 1.54) is 4.31 Å². The Morgan fingerprint density at radius 2 is 1.75 bits per heavy atom. The number of hydrogen-bond donors (Lipinski definition) is 1. The number of rotatable bonds is 6. The van der Waals surface area contributed by atoms with Crippen molar-refractivity contribution in [2.24, 2.45) is 0 Å². The van der Waals surface area contributed by atoms with Crippen LogP contribution < -0.4 is 9.62 Å². The molecule has 1 amide bonds. The molecular formula is C19H20N4O3S2. The lowest BCUT2D eigenvalue weighted by Gasteiger charge is -2.21. The third-order valence-corrected chi connectivity index (χ3v) is 7.08. The van der Waals surface area contributed by atoms with Gasteiger partial charge in [0.15, 0.2) is 0 Å². The maximum atomic E-state index is 13.0. The minimum atomic E-state index is -3.88. The summed E-state index contributed by atoms with van der Waals surface area (Å²) in [5, 5.41) is 10.4. The molecule has 1 N–H and O–H groups in total. The van der Waals surface area contributed by atoms with Gasteiger partial charge in [0, 0.05) is 12.1 Å². The van der Waals surface area contributed by atoms with Gasteiger partial charge in [0.05, 0.1) is 5.69 Å². The molecule has 0 fully saturated rings. The number of carbonyl (C=O) groups is 1. The van der Waals surface area contributed by atoms with Gasteiger partial charge in [0.2, 0.25) is 5.13 Å². The van der Waals surface area contributed by atoms with Gasteiger partial charge in [-0.1, -0.05) is 41.2 Å². The van der Waals surface area contributed by atoms with Crippen LogP contribution in [0.2, 0.25) is 0 Å². The highest BCUT2D eigenvalue weighted by Gasteiger charge is 2.28. The molecule has 0 radical (unpaired) electrons. The first kappa shape index (κ1) is 20.0. The maximum absolute atomic E-state index is 13.0. The fourth-order valence-corrected chi connectivity index (χ4v) is 5.15. The van der Waals surface area contributed by atoms with Crippen LogP contribution in [0.5, 0.6) is 0 Å². The lowest BCUT2D eigenvalue weighted by atomic mass is 10.1. The van der Waals surface area contributed by atoms with Crippen LogP contribution in [0.3, 0.4) is 0 Å². The molecular weight excluding hydrogens is 396 g/mol. The molecule has 3 rings (SSSR count). The van der Waals surface area contributed by atoms with Crippen LogP contribution in [0.4, 0.5) is 10.8 Å². The van der Waals surface area contributed by atoms with Crippen LogP contribution in [0.25, 0.3) is 0 Å². The van der Waals surface area contributed by atoms with E-state index in [-0.39, 0.29) is 21.9 Å². The molecule has 0 aliphatic carbocycles. The van der Waals surface area contributed by atoms with Crippen LogP contribution in [-0.2, 0) is 10.0 Å². The standard InChI is InChI=1S/C19H20N4O3S2/c1-4-23(16-10-6-8-14(3)12-16)28(25,26)19-22-21-18(27-19)20-17(24)15-9-5-7-13(2)11-15/h5-12H,4H2,1-3H3,(H,20,21,24). The highest BCUT2D eigenvalue weighted by Crippen LogP contribution is 2.28. The van der Waals surface area contributed by atoms with E-state index in [1.807, 2.05) is 26.0 Å². The van der Waals surface area contributed by atoms with Crippen LogP contribution in [0.1, 0.15) is 28.4 Å². The van der Waals surface area contributed by atoms with Crippen LogP contribution in [-0.4, -0.2) is 31.1 Å². The Morgan fingerprint density at radius 3 is 2.39 bits per heavy atom. The Labute approximate surface area is 168 Å². The second-order valence-corrected chi connectivity index (χ2v) is 9.22. The van der Waals surface area contributed by atoms with E-state index in [9.17, 15) is 13.2 Å². The van der Waals surface area contributed by atoms with E-state index in [0.717, 1.165) is 22.5 Å². The Morgan fingerprint density at radius 1 is 1.07 bits per heavy atom. The molecule has 7 nitrogen and oxygen atoms in total. The fraction of sp³-hybridized carbons (Fsp3) is 0.211. The van der Waals surface area contributed by atoms with Crippen LogP contribution >= 0.6 is 11.3 Å².